The van der Waals surface area contributed by atoms with Crippen molar-refractivity contribution in [3.63, 3.8) is 0 Å². The number of nitro benzene ring substituents is 1. The standard InChI is InChI=1S/C25H26N4O6/c1-17-20-5-3-4-6-21(20)26-22(15-34-2)24(17)25(31)35-16-23(30)28-13-11-27(12-14-28)18-7-9-19(10-8-18)29(32)33/h3-10H,11-16H2,1-2H3. The molecule has 0 unspecified atom stereocenters. The number of benzene rings is 2. The summed E-state index contributed by atoms with van der Waals surface area (Å²) in [7, 11) is 1.53. The molecule has 1 amide bonds. The number of carbonyl (C=O) groups excluding carboxylic acids is 2. The van der Waals surface area contributed by atoms with Crippen LogP contribution in [-0.4, -0.2) is 66.6 Å². The molecule has 182 valence electrons. The fourth-order valence-electron chi connectivity index (χ4n) is 4.24. The van der Waals surface area contributed by atoms with Gasteiger partial charge in [0.15, 0.2) is 6.61 Å². The molecule has 0 radical (unpaired) electrons. The Kier molecular flexibility index (Phi) is 7.21. The zero-order chi connectivity index (χ0) is 24.9. The first-order valence-corrected chi connectivity index (χ1v) is 11.2. The van der Waals surface area contributed by atoms with E-state index in [-0.39, 0.29) is 24.8 Å². The van der Waals surface area contributed by atoms with Crippen molar-refractivity contribution in [2.75, 3.05) is 44.8 Å². The minimum absolute atomic E-state index is 0.0369. The molecule has 0 bridgehead atoms. The lowest BCUT2D eigenvalue weighted by Gasteiger charge is -2.36. The van der Waals surface area contributed by atoms with Gasteiger partial charge in [0, 0.05) is 56.5 Å². The van der Waals surface area contributed by atoms with Gasteiger partial charge in [0.1, 0.15) is 0 Å². The van der Waals surface area contributed by atoms with Crippen molar-refractivity contribution >= 4 is 34.2 Å². The van der Waals surface area contributed by atoms with Crippen LogP contribution in [0.2, 0.25) is 0 Å². The van der Waals surface area contributed by atoms with Gasteiger partial charge in [-0.2, -0.15) is 0 Å². The summed E-state index contributed by atoms with van der Waals surface area (Å²) in [5, 5.41) is 11.7. The van der Waals surface area contributed by atoms with E-state index in [9.17, 15) is 19.7 Å². The molecule has 1 saturated heterocycles. The van der Waals surface area contributed by atoms with Crippen molar-refractivity contribution in [2.24, 2.45) is 0 Å². The number of methoxy groups -OCH3 is 1. The number of rotatable bonds is 7. The van der Waals surface area contributed by atoms with E-state index >= 15 is 0 Å². The van der Waals surface area contributed by atoms with Crippen LogP contribution in [0.5, 0.6) is 0 Å². The second-order valence-corrected chi connectivity index (χ2v) is 8.23. The van der Waals surface area contributed by atoms with E-state index in [0.717, 1.165) is 22.2 Å². The van der Waals surface area contributed by atoms with E-state index in [2.05, 4.69) is 9.88 Å². The van der Waals surface area contributed by atoms with Crippen LogP contribution in [0, 0.1) is 17.0 Å². The van der Waals surface area contributed by atoms with Gasteiger partial charge in [-0.3, -0.25) is 14.9 Å². The lowest BCUT2D eigenvalue weighted by Crippen LogP contribution is -2.49. The van der Waals surface area contributed by atoms with E-state index in [4.69, 9.17) is 9.47 Å². The summed E-state index contributed by atoms with van der Waals surface area (Å²) in [5.41, 5.74) is 3.18. The number of hydrogen-bond donors (Lipinski definition) is 0. The lowest BCUT2D eigenvalue weighted by molar-refractivity contribution is -0.384. The zero-order valence-corrected chi connectivity index (χ0v) is 19.6. The molecule has 0 saturated carbocycles. The Balaban J connectivity index is 1.37. The molecular formula is C25H26N4O6. The van der Waals surface area contributed by atoms with Crippen molar-refractivity contribution in [2.45, 2.75) is 13.5 Å². The number of nitro groups is 1. The van der Waals surface area contributed by atoms with Crippen molar-refractivity contribution in [3.05, 3.63) is 75.5 Å². The maximum Gasteiger partial charge on any atom is 0.340 e. The van der Waals surface area contributed by atoms with Gasteiger partial charge in [0.25, 0.3) is 11.6 Å². The third-order valence-electron chi connectivity index (χ3n) is 6.10. The van der Waals surface area contributed by atoms with E-state index in [1.807, 2.05) is 31.2 Å². The molecule has 1 fully saturated rings. The number of fused-ring (bicyclic) bond motifs is 1. The molecule has 0 N–H and O–H groups in total. The number of esters is 1. The molecule has 3 aromatic rings. The molecule has 4 rings (SSSR count). The molecule has 1 aliphatic heterocycles. The average molecular weight is 479 g/mol. The molecule has 2 heterocycles. The number of anilines is 1. The van der Waals surface area contributed by atoms with Gasteiger partial charge in [0.2, 0.25) is 0 Å². The summed E-state index contributed by atoms with van der Waals surface area (Å²) in [5.74, 6) is -0.882. The number of amides is 1. The van der Waals surface area contributed by atoms with Gasteiger partial charge in [-0.05, 0) is 30.7 Å². The van der Waals surface area contributed by atoms with Crippen LogP contribution in [-0.2, 0) is 20.9 Å². The summed E-state index contributed by atoms with van der Waals surface area (Å²) in [6.07, 6.45) is 0. The third kappa shape index (κ3) is 5.22. The topological polar surface area (TPSA) is 115 Å². The fraction of sp³-hybridized carbons (Fsp3) is 0.320. The molecule has 2 aromatic carbocycles. The van der Waals surface area contributed by atoms with Crippen LogP contribution in [0.4, 0.5) is 11.4 Å². The number of carbonyl (C=O) groups is 2. The molecule has 35 heavy (non-hydrogen) atoms. The highest BCUT2D eigenvalue weighted by Gasteiger charge is 2.25. The summed E-state index contributed by atoms with van der Waals surface area (Å²) in [4.78, 5) is 44.3. The van der Waals surface area contributed by atoms with Crippen LogP contribution < -0.4 is 4.90 Å². The van der Waals surface area contributed by atoms with E-state index in [1.165, 1.54) is 19.2 Å². The van der Waals surface area contributed by atoms with Gasteiger partial charge in [-0.15, -0.1) is 0 Å². The second-order valence-electron chi connectivity index (χ2n) is 8.23. The normalized spacial score (nSPS) is 13.7. The first-order chi connectivity index (χ1) is 16.9. The number of nitrogens with zero attached hydrogens (tertiary/aromatic N) is 4. The Morgan fingerprint density at radius 1 is 1.06 bits per heavy atom. The number of non-ortho nitro benzene ring substituents is 1. The molecule has 0 atom stereocenters. The van der Waals surface area contributed by atoms with Crippen LogP contribution in [0.15, 0.2) is 48.5 Å². The van der Waals surface area contributed by atoms with Gasteiger partial charge in [-0.25, -0.2) is 9.78 Å². The summed E-state index contributed by atoms with van der Waals surface area (Å²) >= 11 is 0. The highest BCUT2D eigenvalue weighted by molar-refractivity contribution is 5.99. The Hall–Kier alpha value is -4.05. The number of aryl methyl sites for hydroxylation is 1. The smallest absolute Gasteiger partial charge is 0.340 e. The Morgan fingerprint density at radius 3 is 2.40 bits per heavy atom. The number of piperazine rings is 1. The summed E-state index contributed by atoms with van der Waals surface area (Å²) < 4.78 is 10.6. The SMILES string of the molecule is COCc1nc2ccccc2c(C)c1C(=O)OCC(=O)N1CCN(c2ccc([N+](=O)[O-])cc2)CC1. The Morgan fingerprint density at radius 2 is 1.74 bits per heavy atom. The predicted octanol–water partition coefficient (Wildman–Crippen LogP) is 3.10. The fourth-order valence-corrected chi connectivity index (χ4v) is 4.24. The van der Waals surface area contributed by atoms with Crippen molar-refractivity contribution in [3.8, 4) is 0 Å². The first kappa shape index (κ1) is 24.1. The number of ether oxygens (including phenoxy) is 2. The minimum atomic E-state index is -0.606. The number of para-hydroxylation sites is 1. The van der Waals surface area contributed by atoms with Crippen LogP contribution >= 0.6 is 0 Å². The highest BCUT2D eigenvalue weighted by Crippen LogP contribution is 2.24. The summed E-state index contributed by atoms with van der Waals surface area (Å²) in [6, 6.07) is 13.9. The highest BCUT2D eigenvalue weighted by atomic mass is 16.6. The summed E-state index contributed by atoms with van der Waals surface area (Å²) in [6.45, 7) is 3.67. The van der Waals surface area contributed by atoms with Crippen molar-refractivity contribution < 1.29 is 24.0 Å². The predicted molar refractivity (Wildman–Crippen MR) is 129 cm³/mol. The quantitative estimate of drug-likeness (QED) is 0.289. The molecular weight excluding hydrogens is 452 g/mol. The number of hydrogen-bond acceptors (Lipinski definition) is 8. The van der Waals surface area contributed by atoms with Gasteiger partial charge >= 0.3 is 5.97 Å². The average Bonchev–Trinajstić information content (AvgIpc) is 2.87. The first-order valence-electron chi connectivity index (χ1n) is 11.2. The van der Waals surface area contributed by atoms with Gasteiger partial charge < -0.3 is 19.3 Å². The van der Waals surface area contributed by atoms with Crippen molar-refractivity contribution in [1.82, 2.24) is 9.88 Å². The Bertz CT molecular complexity index is 1250. The van der Waals surface area contributed by atoms with Crippen molar-refractivity contribution in [1.29, 1.82) is 0 Å². The van der Waals surface area contributed by atoms with E-state index in [0.29, 0.717) is 37.4 Å². The second kappa shape index (κ2) is 10.5. The molecule has 0 aliphatic carbocycles. The molecule has 1 aromatic heterocycles. The van der Waals surface area contributed by atoms with E-state index < -0.39 is 10.9 Å². The molecule has 0 spiro atoms. The van der Waals surface area contributed by atoms with E-state index in [1.54, 1.807) is 17.0 Å². The molecule has 10 nitrogen and oxygen atoms in total. The Labute approximate surface area is 202 Å². The van der Waals surface area contributed by atoms with Crippen LogP contribution in [0.25, 0.3) is 10.9 Å². The number of pyridine rings is 1. The molecule has 10 heteroatoms. The zero-order valence-electron chi connectivity index (χ0n) is 19.6. The van der Waals surface area contributed by atoms with Crippen LogP contribution in [0.3, 0.4) is 0 Å². The maximum absolute atomic E-state index is 13.0. The molecule has 1 aliphatic rings. The van der Waals surface area contributed by atoms with Crippen LogP contribution in [0.1, 0.15) is 21.6 Å². The van der Waals surface area contributed by atoms with Gasteiger partial charge in [0.05, 0.1) is 28.3 Å². The largest absolute Gasteiger partial charge is 0.452 e. The maximum atomic E-state index is 13.0. The monoisotopic (exact) mass is 478 g/mol. The number of aromatic nitrogens is 1. The lowest BCUT2D eigenvalue weighted by atomic mass is 10.0. The third-order valence-corrected chi connectivity index (χ3v) is 6.10. The van der Waals surface area contributed by atoms with Gasteiger partial charge in [-0.1, -0.05) is 18.2 Å². The minimum Gasteiger partial charge on any atom is -0.452 e.